The number of benzene rings is 1. The molecule has 0 aliphatic rings. The van der Waals surface area contributed by atoms with Crippen LogP contribution in [0.5, 0.6) is 0 Å². The lowest BCUT2D eigenvalue weighted by Crippen LogP contribution is -2.25. The van der Waals surface area contributed by atoms with Gasteiger partial charge < -0.3 is 14.9 Å². The van der Waals surface area contributed by atoms with Crippen LogP contribution in [0.1, 0.15) is 32.1 Å². The molecule has 1 amide bonds. The molecule has 0 radical (unpaired) electrons. The molecule has 0 saturated heterocycles. The first-order valence-corrected chi connectivity index (χ1v) is 10.4. The van der Waals surface area contributed by atoms with Crippen LogP contribution in [-0.2, 0) is 11.2 Å². The molecule has 3 rings (SSSR count). The average Bonchev–Trinajstić information content (AvgIpc) is 3.23. The van der Waals surface area contributed by atoms with E-state index in [1.807, 2.05) is 47.3 Å². The molecule has 6 heteroatoms. The van der Waals surface area contributed by atoms with E-state index in [4.69, 9.17) is 0 Å². The Morgan fingerprint density at radius 1 is 1.31 bits per heavy atom. The molecule has 2 aromatic heterocycles. The van der Waals surface area contributed by atoms with Gasteiger partial charge in [0.15, 0.2) is 0 Å². The van der Waals surface area contributed by atoms with Gasteiger partial charge in [-0.3, -0.25) is 4.79 Å². The number of nitrogens with one attached hydrogen (secondary N) is 2. The van der Waals surface area contributed by atoms with Crippen LogP contribution < -0.4 is 5.32 Å². The molecule has 26 heavy (non-hydrogen) atoms. The monoisotopic (exact) mass is 370 g/mol. The van der Waals surface area contributed by atoms with Crippen molar-refractivity contribution in [1.29, 1.82) is 0 Å². The minimum atomic E-state index is -0.202. The predicted molar refractivity (Wildman–Crippen MR) is 110 cm³/mol. The summed E-state index contributed by atoms with van der Waals surface area (Å²) < 4.78 is 1.97. The number of imidazole rings is 1. The largest absolute Gasteiger partial charge is 0.342 e. The van der Waals surface area contributed by atoms with Crippen molar-refractivity contribution in [2.24, 2.45) is 5.92 Å². The summed E-state index contributed by atoms with van der Waals surface area (Å²) in [5, 5.41) is 3.06. The number of hydrogen-bond acceptors (Lipinski definition) is 3. The molecule has 2 heterocycles. The maximum atomic E-state index is 12.8. The third kappa shape index (κ3) is 4.49. The highest BCUT2D eigenvalue weighted by Crippen LogP contribution is 2.21. The van der Waals surface area contributed by atoms with E-state index >= 15 is 0 Å². The highest BCUT2D eigenvalue weighted by molar-refractivity contribution is 7.98. The van der Waals surface area contributed by atoms with Crippen LogP contribution in [-0.4, -0.2) is 32.5 Å². The molecule has 0 aliphatic heterocycles. The molecule has 0 aliphatic carbocycles. The molecule has 1 aromatic carbocycles. The van der Waals surface area contributed by atoms with Crippen molar-refractivity contribution in [3.8, 4) is 0 Å². The first-order chi connectivity index (χ1) is 12.6. The second-order valence-electron chi connectivity index (χ2n) is 6.93. The lowest BCUT2D eigenvalue weighted by molar-refractivity contribution is -0.119. The molecule has 1 unspecified atom stereocenters. The topological polar surface area (TPSA) is 62.7 Å². The maximum Gasteiger partial charge on any atom is 0.247 e. The van der Waals surface area contributed by atoms with Gasteiger partial charge in [0.1, 0.15) is 11.9 Å². The number of aromatic nitrogens is 3. The fourth-order valence-corrected chi connectivity index (χ4v) is 3.51. The summed E-state index contributed by atoms with van der Waals surface area (Å²) in [6, 6.07) is 9.54. The van der Waals surface area contributed by atoms with Crippen LogP contribution in [0.2, 0.25) is 0 Å². The minimum Gasteiger partial charge on any atom is -0.342 e. The molecule has 0 fully saturated rings. The smallest absolute Gasteiger partial charge is 0.247 e. The van der Waals surface area contributed by atoms with Crippen molar-refractivity contribution in [2.75, 3.05) is 17.3 Å². The Labute approximate surface area is 158 Å². The zero-order valence-corrected chi connectivity index (χ0v) is 16.3. The number of fused-ring (bicyclic) bond motifs is 1. The van der Waals surface area contributed by atoms with Crippen molar-refractivity contribution in [1.82, 2.24) is 14.5 Å². The SMILES string of the molecule is CSCCC(C(=O)Nc1ccc2nc(CC(C)C)[nH]c2c1)n1cccc1. The van der Waals surface area contributed by atoms with Gasteiger partial charge in [-0.25, -0.2) is 4.98 Å². The predicted octanol–water partition coefficient (Wildman–Crippen LogP) is 4.50. The molecule has 5 nitrogen and oxygen atoms in total. The number of H-pyrrole nitrogens is 1. The van der Waals surface area contributed by atoms with E-state index in [1.165, 1.54) is 0 Å². The van der Waals surface area contributed by atoms with Crippen LogP contribution in [0.25, 0.3) is 11.0 Å². The zero-order valence-electron chi connectivity index (χ0n) is 15.5. The summed E-state index contributed by atoms with van der Waals surface area (Å²) >= 11 is 1.75. The standard InChI is InChI=1S/C20H26N4OS/c1-14(2)12-19-22-16-7-6-15(13-17(16)23-19)21-20(25)18(8-11-26-3)24-9-4-5-10-24/h4-7,9-10,13-14,18H,8,11-12H2,1-3H3,(H,21,25)(H,22,23). The quantitative estimate of drug-likeness (QED) is 0.614. The molecule has 3 aromatic rings. The Balaban J connectivity index is 1.76. The van der Waals surface area contributed by atoms with Gasteiger partial charge in [-0.2, -0.15) is 11.8 Å². The number of rotatable bonds is 8. The van der Waals surface area contributed by atoms with Gasteiger partial charge in [0.2, 0.25) is 5.91 Å². The minimum absolute atomic E-state index is 0.0107. The van der Waals surface area contributed by atoms with Crippen molar-refractivity contribution < 1.29 is 4.79 Å². The van der Waals surface area contributed by atoms with Crippen LogP contribution in [0, 0.1) is 5.92 Å². The number of carbonyl (C=O) groups excluding carboxylic acids is 1. The summed E-state index contributed by atoms with van der Waals surface area (Å²) in [4.78, 5) is 20.8. The van der Waals surface area contributed by atoms with Gasteiger partial charge in [-0.05, 0) is 54.7 Å². The number of carbonyl (C=O) groups is 1. The van der Waals surface area contributed by atoms with E-state index in [-0.39, 0.29) is 11.9 Å². The average molecular weight is 371 g/mol. The molecule has 0 bridgehead atoms. The van der Waals surface area contributed by atoms with Crippen LogP contribution in [0.3, 0.4) is 0 Å². The Morgan fingerprint density at radius 2 is 2.08 bits per heavy atom. The molecule has 0 spiro atoms. The van der Waals surface area contributed by atoms with E-state index in [0.29, 0.717) is 5.92 Å². The highest BCUT2D eigenvalue weighted by atomic mass is 32.2. The lowest BCUT2D eigenvalue weighted by Gasteiger charge is -2.18. The molecule has 0 saturated carbocycles. The number of anilines is 1. The Kier molecular flexibility index (Phi) is 6.04. The molecular formula is C20H26N4OS. The maximum absolute atomic E-state index is 12.8. The van der Waals surface area contributed by atoms with Crippen molar-refractivity contribution in [3.05, 3.63) is 48.5 Å². The van der Waals surface area contributed by atoms with Gasteiger partial charge in [-0.15, -0.1) is 0 Å². The van der Waals surface area contributed by atoms with Crippen LogP contribution >= 0.6 is 11.8 Å². The second-order valence-corrected chi connectivity index (χ2v) is 7.92. The number of thioether (sulfide) groups is 1. The molecular weight excluding hydrogens is 344 g/mol. The van der Waals surface area contributed by atoms with E-state index in [0.717, 1.165) is 41.1 Å². The highest BCUT2D eigenvalue weighted by Gasteiger charge is 2.19. The van der Waals surface area contributed by atoms with Gasteiger partial charge >= 0.3 is 0 Å². The first-order valence-electron chi connectivity index (χ1n) is 8.97. The van der Waals surface area contributed by atoms with Gasteiger partial charge in [0.25, 0.3) is 0 Å². The number of hydrogen-bond donors (Lipinski definition) is 2. The Morgan fingerprint density at radius 3 is 2.77 bits per heavy atom. The summed E-state index contributed by atoms with van der Waals surface area (Å²) in [5.74, 6) is 2.49. The van der Waals surface area contributed by atoms with Gasteiger partial charge in [0.05, 0.1) is 11.0 Å². The second kappa shape index (κ2) is 8.45. The number of nitrogens with zero attached hydrogens (tertiary/aromatic N) is 2. The van der Waals surface area contributed by atoms with E-state index in [2.05, 4.69) is 35.4 Å². The van der Waals surface area contributed by atoms with Crippen molar-refractivity contribution in [3.63, 3.8) is 0 Å². The van der Waals surface area contributed by atoms with Gasteiger partial charge in [-0.1, -0.05) is 13.8 Å². The van der Waals surface area contributed by atoms with Crippen LogP contribution in [0.15, 0.2) is 42.7 Å². The molecule has 138 valence electrons. The first kappa shape index (κ1) is 18.6. The van der Waals surface area contributed by atoms with Gasteiger partial charge in [0, 0.05) is 24.5 Å². The third-order valence-electron chi connectivity index (χ3n) is 4.29. The third-order valence-corrected chi connectivity index (χ3v) is 4.93. The zero-order chi connectivity index (χ0) is 18.5. The Bertz CT molecular complexity index is 854. The Hall–Kier alpha value is -2.21. The number of amides is 1. The summed E-state index contributed by atoms with van der Waals surface area (Å²) in [6.07, 6.45) is 7.67. The van der Waals surface area contributed by atoms with Crippen molar-refractivity contribution >= 4 is 34.4 Å². The summed E-state index contributed by atoms with van der Waals surface area (Å²) in [6.45, 7) is 4.35. The molecule has 1 atom stereocenters. The fraction of sp³-hybridized carbons (Fsp3) is 0.400. The summed E-state index contributed by atoms with van der Waals surface area (Å²) in [5.41, 5.74) is 2.69. The van der Waals surface area contributed by atoms with Crippen molar-refractivity contribution in [2.45, 2.75) is 32.7 Å². The fourth-order valence-electron chi connectivity index (χ4n) is 3.05. The van der Waals surface area contributed by atoms with E-state index in [1.54, 1.807) is 11.8 Å². The molecule has 2 N–H and O–H groups in total. The number of aromatic amines is 1. The summed E-state index contributed by atoms with van der Waals surface area (Å²) in [7, 11) is 0. The van der Waals surface area contributed by atoms with E-state index < -0.39 is 0 Å². The normalized spacial score (nSPS) is 12.6. The lowest BCUT2D eigenvalue weighted by atomic mass is 10.1. The van der Waals surface area contributed by atoms with E-state index in [9.17, 15) is 4.79 Å². The van der Waals surface area contributed by atoms with Crippen LogP contribution in [0.4, 0.5) is 5.69 Å².